The summed E-state index contributed by atoms with van der Waals surface area (Å²) < 4.78 is 39.0. The Morgan fingerprint density at radius 2 is 1.83 bits per heavy atom. The molecule has 2 fully saturated rings. The minimum atomic E-state index is -4.41. The van der Waals surface area contributed by atoms with E-state index in [1.54, 1.807) is 6.07 Å². The van der Waals surface area contributed by atoms with Crippen LogP contribution in [0.1, 0.15) is 36.3 Å². The maximum atomic E-state index is 13.0. The fraction of sp³-hybridized carbons (Fsp3) is 0.500. The number of benzene rings is 1. The maximum absolute atomic E-state index is 13.0. The van der Waals surface area contributed by atoms with Crippen LogP contribution in [0.4, 0.5) is 18.0 Å². The molecule has 0 unspecified atom stereocenters. The summed E-state index contributed by atoms with van der Waals surface area (Å²) in [5.74, 6) is -0.745. The van der Waals surface area contributed by atoms with Crippen LogP contribution in [0.5, 0.6) is 0 Å². The van der Waals surface area contributed by atoms with Gasteiger partial charge in [-0.1, -0.05) is 18.2 Å². The van der Waals surface area contributed by atoms with Gasteiger partial charge in [-0.25, -0.2) is 4.79 Å². The Hall–Kier alpha value is -2.25. The number of urea groups is 1. The summed E-state index contributed by atoms with van der Waals surface area (Å²) in [4.78, 5) is 23.2. The van der Waals surface area contributed by atoms with Gasteiger partial charge in [-0.2, -0.15) is 13.2 Å². The SMILES string of the molecule is O=C(CNC(=O)NC1CC1)N[C@@H]1C[C@H]1c1ccccc1C(F)(F)F. The largest absolute Gasteiger partial charge is 0.416 e. The van der Waals surface area contributed by atoms with Crippen LogP contribution in [0.3, 0.4) is 0 Å². The number of carbonyl (C=O) groups excluding carboxylic acids is 2. The van der Waals surface area contributed by atoms with Crippen LogP contribution in [0.2, 0.25) is 0 Å². The van der Waals surface area contributed by atoms with E-state index in [0.717, 1.165) is 18.9 Å². The zero-order valence-corrected chi connectivity index (χ0v) is 12.8. The molecule has 1 aromatic rings. The van der Waals surface area contributed by atoms with Crippen molar-refractivity contribution >= 4 is 11.9 Å². The molecule has 0 radical (unpaired) electrons. The lowest BCUT2D eigenvalue weighted by Gasteiger charge is -2.13. The number of alkyl halides is 3. The summed E-state index contributed by atoms with van der Waals surface area (Å²) >= 11 is 0. The minimum absolute atomic E-state index is 0.192. The number of halogens is 3. The molecule has 0 saturated heterocycles. The van der Waals surface area contributed by atoms with Crippen molar-refractivity contribution in [1.82, 2.24) is 16.0 Å². The first-order chi connectivity index (χ1) is 11.3. The molecule has 3 amide bonds. The van der Waals surface area contributed by atoms with Gasteiger partial charge in [-0.05, 0) is 30.9 Å². The van der Waals surface area contributed by atoms with Gasteiger partial charge in [0, 0.05) is 18.0 Å². The molecule has 0 aromatic heterocycles. The molecule has 2 atom stereocenters. The summed E-state index contributed by atoms with van der Waals surface area (Å²) in [6.45, 7) is -0.192. The molecule has 0 aliphatic heterocycles. The van der Waals surface area contributed by atoms with E-state index < -0.39 is 23.7 Å². The van der Waals surface area contributed by atoms with Gasteiger partial charge >= 0.3 is 12.2 Å². The lowest BCUT2D eigenvalue weighted by molar-refractivity contribution is -0.138. The van der Waals surface area contributed by atoms with Crippen LogP contribution in [-0.2, 0) is 11.0 Å². The first kappa shape index (κ1) is 16.6. The first-order valence-corrected chi connectivity index (χ1v) is 7.84. The van der Waals surface area contributed by atoms with Crippen LogP contribution in [0.15, 0.2) is 24.3 Å². The second-order valence-corrected chi connectivity index (χ2v) is 6.20. The monoisotopic (exact) mass is 341 g/mol. The average Bonchev–Trinajstić information content (AvgIpc) is 3.41. The lowest BCUT2D eigenvalue weighted by Crippen LogP contribution is -2.43. The van der Waals surface area contributed by atoms with E-state index in [4.69, 9.17) is 0 Å². The molecule has 3 rings (SSSR count). The zero-order valence-electron chi connectivity index (χ0n) is 12.8. The van der Waals surface area contributed by atoms with Crippen molar-refractivity contribution in [2.45, 2.75) is 43.4 Å². The van der Waals surface area contributed by atoms with Crippen molar-refractivity contribution in [2.24, 2.45) is 0 Å². The highest BCUT2D eigenvalue weighted by atomic mass is 19.4. The number of rotatable bonds is 5. The molecule has 2 saturated carbocycles. The van der Waals surface area contributed by atoms with E-state index in [9.17, 15) is 22.8 Å². The molecule has 5 nitrogen and oxygen atoms in total. The molecule has 3 N–H and O–H groups in total. The summed E-state index contributed by atoms with van der Waals surface area (Å²) in [5.41, 5.74) is -0.455. The number of nitrogens with one attached hydrogen (secondary N) is 3. The van der Waals surface area contributed by atoms with E-state index >= 15 is 0 Å². The minimum Gasteiger partial charge on any atom is -0.351 e. The van der Waals surface area contributed by atoms with Crippen LogP contribution >= 0.6 is 0 Å². The summed E-state index contributed by atoms with van der Waals surface area (Å²) in [6.07, 6.45) is -2.05. The molecule has 130 valence electrons. The van der Waals surface area contributed by atoms with E-state index in [1.165, 1.54) is 12.1 Å². The van der Waals surface area contributed by atoms with Gasteiger partial charge in [0.15, 0.2) is 0 Å². The fourth-order valence-corrected chi connectivity index (χ4v) is 2.66. The number of amides is 3. The lowest BCUT2D eigenvalue weighted by atomic mass is 10.0. The van der Waals surface area contributed by atoms with E-state index in [1.807, 2.05) is 0 Å². The fourth-order valence-electron chi connectivity index (χ4n) is 2.66. The highest BCUT2D eigenvalue weighted by molar-refractivity contribution is 5.84. The standard InChI is InChI=1S/C16H18F3N3O2/c17-16(18,19)12-4-2-1-3-10(12)11-7-13(11)22-14(23)8-20-15(24)21-9-5-6-9/h1-4,9,11,13H,5-8H2,(H,22,23)(H2,20,21,24)/t11-,13+/m0/s1. The third kappa shape index (κ3) is 4.18. The Labute approximate surface area is 137 Å². The number of carbonyl (C=O) groups is 2. The molecule has 0 heterocycles. The Morgan fingerprint density at radius 1 is 1.12 bits per heavy atom. The summed E-state index contributed by atoms with van der Waals surface area (Å²) in [5, 5.41) is 7.77. The average molecular weight is 341 g/mol. The van der Waals surface area contributed by atoms with Crippen molar-refractivity contribution in [3.05, 3.63) is 35.4 Å². The van der Waals surface area contributed by atoms with Gasteiger partial charge in [0.1, 0.15) is 0 Å². The molecule has 24 heavy (non-hydrogen) atoms. The molecular weight excluding hydrogens is 323 g/mol. The van der Waals surface area contributed by atoms with Gasteiger partial charge < -0.3 is 16.0 Å². The predicted molar refractivity (Wildman–Crippen MR) is 80.3 cm³/mol. The quantitative estimate of drug-likeness (QED) is 0.768. The smallest absolute Gasteiger partial charge is 0.351 e. The van der Waals surface area contributed by atoms with Gasteiger partial charge in [-0.3, -0.25) is 4.79 Å². The second-order valence-electron chi connectivity index (χ2n) is 6.20. The molecule has 8 heteroatoms. The van der Waals surface area contributed by atoms with Crippen LogP contribution in [0, 0.1) is 0 Å². The van der Waals surface area contributed by atoms with Crippen molar-refractivity contribution in [2.75, 3.05) is 6.54 Å². The topological polar surface area (TPSA) is 70.2 Å². The van der Waals surface area contributed by atoms with Gasteiger partial charge in [0.05, 0.1) is 12.1 Å². The summed E-state index contributed by atoms with van der Waals surface area (Å²) in [7, 11) is 0. The maximum Gasteiger partial charge on any atom is 0.416 e. The second kappa shape index (κ2) is 6.33. The zero-order chi connectivity index (χ0) is 17.3. The van der Waals surface area contributed by atoms with Crippen molar-refractivity contribution in [3.63, 3.8) is 0 Å². The highest BCUT2D eigenvalue weighted by Gasteiger charge is 2.44. The van der Waals surface area contributed by atoms with E-state index in [0.29, 0.717) is 6.42 Å². The molecule has 2 aliphatic rings. The van der Waals surface area contributed by atoms with Crippen molar-refractivity contribution in [3.8, 4) is 0 Å². The Morgan fingerprint density at radius 3 is 2.50 bits per heavy atom. The molecular formula is C16H18F3N3O2. The summed E-state index contributed by atoms with van der Waals surface area (Å²) in [6, 6.07) is 4.88. The Balaban J connectivity index is 1.49. The normalized spacial score (nSPS) is 22.6. The highest BCUT2D eigenvalue weighted by Crippen LogP contribution is 2.46. The van der Waals surface area contributed by atoms with E-state index in [2.05, 4.69) is 16.0 Å². The van der Waals surface area contributed by atoms with Gasteiger partial charge in [0.25, 0.3) is 0 Å². The van der Waals surface area contributed by atoms with Crippen LogP contribution < -0.4 is 16.0 Å². The Kier molecular flexibility index (Phi) is 4.38. The van der Waals surface area contributed by atoms with Crippen LogP contribution in [-0.4, -0.2) is 30.6 Å². The van der Waals surface area contributed by atoms with Gasteiger partial charge in [-0.15, -0.1) is 0 Å². The third-order valence-corrected chi connectivity index (χ3v) is 4.12. The van der Waals surface area contributed by atoms with Crippen molar-refractivity contribution in [1.29, 1.82) is 0 Å². The number of hydrogen-bond acceptors (Lipinski definition) is 2. The number of hydrogen-bond donors (Lipinski definition) is 3. The molecule has 0 spiro atoms. The Bertz CT molecular complexity index is 644. The predicted octanol–water partition coefficient (Wildman–Crippen LogP) is 2.14. The molecule has 0 bridgehead atoms. The van der Waals surface area contributed by atoms with Gasteiger partial charge in [0.2, 0.25) is 5.91 Å². The van der Waals surface area contributed by atoms with Crippen LogP contribution in [0.25, 0.3) is 0 Å². The first-order valence-electron chi connectivity index (χ1n) is 7.84. The van der Waals surface area contributed by atoms with Crippen molar-refractivity contribution < 1.29 is 22.8 Å². The third-order valence-electron chi connectivity index (χ3n) is 4.12. The van der Waals surface area contributed by atoms with E-state index in [-0.39, 0.29) is 30.1 Å². The molecule has 2 aliphatic carbocycles. The molecule has 1 aromatic carbocycles.